The van der Waals surface area contributed by atoms with Crippen LogP contribution < -0.4 is 29.8 Å². The lowest BCUT2D eigenvalue weighted by Crippen LogP contribution is -2.68. The fraction of sp³-hybridized carbons (Fsp3) is 0.643. The van der Waals surface area contributed by atoms with Gasteiger partial charge in [-0.15, -0.1) is 0 Å². The standard InChI is InChI=1S/C84H130O4Si/c1-4-7-10-13-16-19-22-25-28-31-34-37-40-43-46-49-67-86-76-61-64-79-73(70-76)55-52-58-82(79)89(85,83-59-53-56-74-71-77(62-65-80(74)83)87-68-50-47-44-41-38-35-32-29-26-23-20-17-14-11-8-5-2)84-60-54-57-75-72-78(63-66-81(75)84)88-69-51-48-45-42-39-36-33-30-27-24-21-18-15-12-9-6-3/h52-66,70-72,85H,4-51,67-69H2,1-3H3. The Balaban J connectivity index is 1.04. The molecule has 0 atom stereocenters. The molecule has 0 heterocycles. The van der Waals surface area contributed by atoms with E-state index in [-0.39, 0.29) is 0 Å². The Kier molecular flexibility index (Phi) is 39.4. The molecule has 0 bridgehead atoms. The number of hydrogen-bond donors (Lipinski definition) is 1. The molecular formula is C84H130O4Si. The maximum Gasteiger partial charge on any atom is 0.287 e. The van der Waals surface area contributed by atoms with Gasteiger partial charge in [0.1, 0.15) is 17.2 Å². The summed E-state index contributed by atoms with van der Waals surface area (Å²) in [6.45, 7) is 9.09. The molecule has 5 heteroatoms. The molecule has 6 aromatic rings. The second-order valence-corrected chi connectivity index (χ2v) is 30.3. The lowest BCUT2D eigenvalue weighted by atomic mass is 10.0. The third-order valence-electron chi connectivity index (χ3n) is 19.5. The minimum atomic E-state index is -3.74. The predicted octanol–water partition coefficient (Wildman–Crippen LogP) is 25.0. The van der Waals surface area contributed by atoms with Gasteiger partial charge >= 0.3 is 0 Å². The van der Waals surface area contributed by atoms with Gasteiger partial charge in [0.25, 0.3) is 8.32 Å². The Morgan fingerprint density at radius 3 is 0.629 bits per heavy atom. The summed E-state index contributed by atoms with van der Waals surface area (Å²) in [5.74, 6) is 2.70. The molecule has 0 spiro atoms. The van der Waals surface area contributed by atoms with Gasteiger partial charge in [-0.05, 0) is 104 Å². The van der Waals surface area contributed by atoms with E-state index in [9.17, 15) is 4.80 Å². The summed E-state index contributed by atoms with van der Waals surface area (Å²) in [6.07, 6.45) is 65.4. The summed E-state index contributed by atoms with van der Waals surface area (Å²) in [4.78, 5) is 14.3. The van der Waals surface area contributed by atoms with Crippen LogP contribution in [0.1, 0.15) is 329 Å². The average Bonchev–Trinajstić information content (AvgIpc) is 0.896. The maximum absolute atomic E-state index is 14.3. The normalized spacial score (nSPS) is 11.9. The highest BCUT2D eigenvalue weighted by Gasteiger charge is 2.42. The van der Waals surface area contributed by atoms with Gasteiger partial charge in [-0.1, -0.05) is 383 Å². The minimum absolute atomic E-state index is 0.727. The van der Waals surface area contributed by atoms with Crippen LogP contribution in [0.4, 0.5) is 0 Å². The zero-order valence-corrected chi connectivity index (χ0v) is 58.6. The van der Waals surface area contributed by atoms with Crippen molar-refractivity contribution in [3.63, 3.8) is 0 Å². The average molecular weight is 1230 g/mol. The number of fused-ring (bicyclic) bond motifs is 3. The lowest BCUT2D eigenvalue weighted by Gasteiger charge is -2.31. The molecule has 0 fully saturated rings. The number of benzene rings is 6. The molecule has 0 aliphatic heterocycles. The molecular weight excluding hydrogens is 1100 g/mol. The third kappa shape index (κ3) is 28.6. The molecule has 89 heavy (non-hydrogen) atoms. The molecule has 0 amide bonds. The van der Waals surface area contributed by atoms with Gasteiger partial charge in [0.05, 0.1) is 19.8 Å². The largest absolute Gasteiger partial charge is 0.494 e. The highest BCUT2D eigenvalue weighted by atomic mass is 28.4. The van der Waals surface area contributed by atoms with Crippen molar-refractivity contribution in [1.29, 1.82) is 0 Å². The first kappa shape index (κ1) is 73.7. The summed E-state index contributed by atoms with van der Waals surface area (Å²) in [5.41, 5.74) is 0. The Morgan fingerprint density at radius 2 is 0.427 bits per heavy atom. The van der Waals surface area contributed by atoms with Gasteiger partial charge in [-0.3, -0.25) is 0 Å². The zero-order valence-electron chi connectivity index (χ0n) is 57.6. The van der Waals surface area contributed by atoms with Gasteiger partial charge in [-0.2, -0.15) is 0 Å². The molecule has 0 aliphatic carbocycles. The molecule has 494 valence electrons. The molecule has 6 aromatic carbocycles. The summed E-state index contributed by atoms with van der Waals surface area (Å²) in [5, 5.41) is 9.47. The molecule has 1 N–H and O–H groups in total. The number of rotatable bonds is 57. The van der Waals surface area contributed by atoms with E-state index >= 15 is 0 Å². The second-order valence-electron chi connectivity index (χ2n) is 27.2. The molecule has 0 unspecified atom stereocenters. The number of hydrogen-bond acceptors (Lipinski definition) is 4. The first-order valence-electron chi connectivity index (χ1n) is 38.3. The molecule has 0 radical (unpaired) electrons. The van der Waals surface area contributed by atoms with Crippen LogP contribution >= 0.6 is 0 Å². The fourth-order valence-corrected chi connectivity index (χ4v) is 17.7. The van der Waals surface area contributed by atoms with Crippen molar-refractivity contribution in [2.24, 2.45) is 0 Å². The first-order valence-corrected chi connectivity index (χ1v) is 40.2. The molecule has 0 saturated carbocycles. The van der Waals surface area contributed by atoms with Gasteiger partial charge in [0.15, 0.2) is 0 Å². The third-order valence-corrected chi connectivity index (χ3v) is 23.2. The van der Waals surface area contributed by atoms with Gasteiger partial charge in [-0.25, -0.2) is 0 Å². The Hall–Kier alpha value is -4.32. The van der Waals surface area contributed by atoms with Crippen molar-refractivity contribution in [3.05, 3.63) is 109 Å². The zero-order chi connectivity index (χ0) is 62.3. The lowest BCUT2D eigenvalue weighted by molar-refractivity contribution is 0.304. The summed E-state index contributed by atoms with van der Waals surface area (Å²) >= 11 is 0. The van der Waals surface area contributed by atoms with E-state index < -0.39 is 8.32 Å². The van der Waals surface area contributed by atoms with Crippen LogP contribution in [0.2, 0.25) is 0 Å². The van der Waals surface area contributed by atoms with Crippen molar-refractivity contribution in [3.8, 4) is 17.2 Å². The van der Waals surface area contributed by atoms with Crippen LogP contribution in [0.3, 0.4) is 0 Å². The molecule has 0 aromatic heterocycles. The van der Waals surface area contributed by atoms with E-state index in [2.05, 4.69) is 130 Å². The fourth-order valence-electron chi connectivity index (χ4n) is 14.0. The van der Waals surface area contributed by atoms with Gasteiger partial charge < -0.3 is 19.0 Å². The van der Waals surface area contributed by atoms with Crippen molar-refractivity contribution in [2.75, 3.05) is 19.8 Å². The second kappa shape index (κ2) is 47.5. The Morgan fingerprint density at radius 1 is 0.236 bits per heavy atom. The van der Waals surface area contributed by atoms with Crippen LogP contribution in [-0.4, -0.2) is 32.9 Å². The van der Waals surface area contributed by atoms with Crippen LogP contribution in [-0.2, 0) is 0 Å². The maximum atomic E-state index is 14.3. The highest BCUT2D eigenvalue weighted by Crippen LogP contribution is 2.29. The topological polar surface area (TPSA) is 47.9 Å². The van der Waals surface area contributed by atoms with E-state index in [4.69, 9.17) is 14.2 Å². The quantitative estimate of drug-likeness (QED) is 0.0235. The Bertz CT molecular complexity index is 2420. The Labute approximate surface area is 547 Å². The van der Waals surface area contributed by atoms with E-state index in [0.717, 1.165) is 104 Å². The molecule has 0 saturated heterocycles. The summed E-state index contributed by atoms with van der Waals surface area (Å²) in [7, 11) is -3.74. The highest BCUT2D eigenvalue weighted by molar-refractivity contribution is 7.09. The van der Waals surface area contributed by atoms with E-state index in [1.165, 1.54) is 289 Å². The minimum Gasteiger partial charge on any atom is -0.494 e. The number of unbranched alkanes of at least 4 members (excludes halogenated alkanes) is 45. The number of ether oxygens (including phenoxy) is 3. The van der Waals surface area contributed by atoms with Gasteiger partial charge in [0.2, 0.25) is 0 Å². The molecule has 6 rings (SSSR count). The SMILES string of the molecule is CCCCCCCCCCCCCCCCCCOc1ccc2c([Si](O)(c3cccc4cc(OCCCCCCCCCCCCCCCCCC)ccc34)c3cccc4cc(OCCCCCCCCCCCCCCCCCC)ccc34)cccc2c1. The smallest absolute Gasteiger partial charge is 0.287 e. The van der Waals surface area contributed by atoms with Crippen molar-refractivity contribution >= 4 is 56.2 Å². The summed E-state index contributed by atoms with van der Waals surface area (Å²) < 4.78 is 19.4. The van der Waals surface area contributed by atoms with Crippen LogP contribution in [0, 0.1) is 0 Å². The first-order chi connectivity index (χ1) is 44.1. The predicted molar refractivity (Wildman–Crippen MR) is 394 cm³/mol. The van der Waals surface area contributed by atoms with Gasteiger partial charge in [0, 0.05) is 0 Å². The van der Waals surface area contributed by atoms with Crippen molar-refractivity contribution in [2.45, 2.75) is 329 Å². The van der Waals surface area contributed by atoms with Crippen molar-refractivity contribution < 1.29 is 19.0 Å². The molecule has 4 nitrogen and oxygen atoms in total. The van der Waals surface area contributed by atoms with E-state index in [1.807, 2.05) is 0 Å². The molecule has 0 aliphatic rings. The van der Waals surface area contributed by atoms with Crippen molar-refractivity contribution in [1.82, 2.24) is 0 Å². The van der Waals surface area contributed by atoms with Crippen LogP contribution in [0.15, 0.2) is 109 Å². The van der Waals surface area contributed by atoms with Crippen LogP contribution in [0.25, 0.3) is 32.3 Å². The van der Waals surface area contributed by atoms with E-state index in [1.54, 1.807) is 0 Å². The van der Waals surface area contributed by atoms with Crippen LogP contribution in [0.5, 0.6) is 17.2 Å². The summed E-state index contributed by atoms with van der Waals surface area (Å²) in [6, 6.07) is 39.1. The van der Waals surface area contributed by atoms with E-state index in [0.29, 0.717) is 0 Å². The monoisotopic (exact) mass is 1230 g/mol.